The van der Waals surface area contributed by atoms with Crippen molar-refractivity contribution < 1.29 is 4.42 Å². The predicted molar refractivity (Wildman–Crippen MR) is 45.4 cm³/mol. The van der Waals surface area contributed by atoms with Gasteiger partial charge in [0, 0.05) is 6.92 Å². The van der Waals surface area contributed by atoms with Crippen LogP contribution < -0.4 is 5.73 Å². The zero-order valence-electron chi connectivity index (χ0n) is 7.74. The van der Waals surface area contributed by atoms with Crippen molar-refractivity contribution in [3.8, 4) is 0 Å². The summed E-state index contributed by atoms with van der Waals surface area (Å²) in [5.74, 6) is 1.50. The van der Waals surface area contributed by atoms with Gasteiger partial charge in [0.05, 0.1) is 6.04 Å². The molecular formula is C8H15N3O. The summed E-state index contributed by atoms with van der Waals surface area (Å²) in [6.07, 6.45) is 1.02. The van der Waals surface area contributed by atoms with Gasteiger partial charge < -0.3 is 10.2 Å². The Hall–Kier alpha value is -0.900. The molecule has 1 heterocycles. The lowest BCUT2D eigenvalue weighted by atomic mass is 10.0. The molecule has 0 amide bonds. The molecule has 0 radical (unpaired) electrons. The molecule has 1 aromatic heterocycles. The lowest BCUT2D eigenvalue weighted by Gasteiger charge is -2.13. The van der Waals surface area contributed by atoms with E-state index in [1.54, 1.807) is 6.92 Å². The maximum atomic E-state index is 5.87. The van der Waals surface area contributed by atoms with Crippen LogP contribution in [0.4, 0.5) is 0 Å². The summed E-state index contributed by atoms with van der Waals surface area (Å²) in [4.78, 5) is 0. The number of nitrogens with zero attached hydrogens (tertiary/aromatic N) is 2. The van der Waals surface area contributed by atoms with Crippen LogP contribution in [0.5, 0.6) is 0 Å². The third kappa shape index (κ3) is 1.82. The fraction of sp³-hybridized carbons (Fsp3) is 0.750. The van der Waals surface area contributed by atoms with Gasteiger partial charge in [-0.05, 0) is 5.92 Å². The predicted octanol–water partition coefficient (Wildman–Crippen LogP) is 1.42. The Morgan fingerprint density at radius 1 is 1.50 bits per heavy atom. The van der Waals surface area contributed by atoms with Gasteiger partial charge in [-0.2, -0.15) is 0 Å². The number of aromatic nitrogens is 2. The first kappa shape index (κ1) is 9.19. The van der Waals surface area contributed by atoms with Gasteiger partial charge in [0.2, 0.25) is 11.8 Å². The van der Waals surface area contributed by atoms with E-state index in [-0.39, 0.29) is 6.04 Å². The molecule has 2 atom stereocenters. The topological polar surface area (TPSA) is 64.9 Å². The average Bonchev–Trinajstić information content (AvgIpc) is 2.49. The molecule has 12 heavy (non-hydrogen) atoms. The van der Waals surface area contributed by atoms with Crippen molar-refractivity contribution in [3.05, 3.63) is 11.8 Å². The van der Waals surface area contributed by atoms with Crippen molar-refractivity contribution in [2.24, 2.45) is 11.7 Å². The van der Waals surface area contributed by atoms with E-state index in [2.05, 4.69) is 24.0 Å². The average molecular weight is 169 g/mol. The quantitative estimate of drug-likeness (QED) is 0.743. The zero-order chi connectivity index (χ0) is 9.14. The van der Waals surface area contributed by atoms with E-state index >= 15 is 0 Å². The summed E-state index contributed by atoms with van der Waals surface area (Å²) in [6, 6.07) is -0.129. The van der Waals surface area contributed by atoms with Crippen LogP contribution in [0.15, 0.2) is 4.42 Å². The van der Waals surface area contributed by atoms with E-state index in [0.717, 1.165) is 6.42 Å². The van der Waals surface area contributed by atoms with E-state index in [1.165, 1.54) is 0 Å². The van der Waals surface area contributed by atoms with Crippen LogP contribution in [0.2, 0.25) is 0 Å². The molecule has 1 aromatic rings. The Kier molecular flexibility index (Phi) is 2.81. The first-order valence-electron chi connectivity index (χ1n) is 4.20. The van der Waals surface area contributed by atoms with Gasteiger partial charge >= 0.3 is 0 Å². The maximum absolute atomic E-state index is 5.87. The molecule has 0 saturated heterocycles. The summed E-state index contributed by atoms with van der Waals surface area (Å²) in [5, 5.41) is 7.60. The molecule has 0 aliphatic rings. The molecule has 0 bridgehead atoms. The fourth-order valence-electron chi connectivity index (χ4n) is 0.944. The lowest BCUT2D eigenvalue weighted by molar-refractivity contribution is 0.356. The Labute approximate surface area is 72.2 Å². The van der Waals surface area contributed by atoms with Crippen LogP contribution in [-0.4, -0.2) is 10.2 Å². The molecule has 4 heteroatoms. The smallest absolute Gasteiger partial charge is 0.233 e. The van der Waals surface area contributed by atoms with Gasteiger partial charge in [-0.3, -0.25) is 0 Å². The van der Waals surface area contributed by atoms with Crippen LogP contribution in [0.1, 0.15) is 38.1 Å². The monoisotopic (exact) mass is 169 g/mol. The molecule has 2 unspecified atom stereocenters. The van der Waals surface area contributed by atoms with Crippen molar-refractivity contribution >= 4 is 0 Å². The molecule has 0 fully saturated rings. The van der Waals surface area contributed by atoms with Gasteiger partial charge in [-0.25, -0.2) is 0 Å². The van der Waals surface area contributed by atoms with Crippen molar-refractivity contribution in [3.63, 3.8) is 0 Å². The van der Waals surface area contributed by atoms with E-state index in [1.807, 2.05) is 0 Å². The van der Waals surface area contributed by atoms with Crippen LogP contribution in [0.3, 0.4) is 0 Å². The molecule has 1 rings (SSSR count). The lowest BCUT2D eigenvalue weighted by Crippen LogP contribution is -2.18. The van der Waals surface area contributed by atoms with Crippen molar-refractivity contribution in [1.29, 1.82) is 0 Å². The maximum Gasteiger partial charge on any atom is 0.233 e. The van der Waals surface area contributed by atoms with Crippen LogP contribution in [0.25, 0.3) is 0 Å². The van der Waals surface area contributed by atoms with Gasteiger partial charge in [0.25, 0.3) is 0 Å². The standard InChI is InChI=1S/C8H15N3O/c1-4-5(2)7(9)8-11-10-6(3)12-8/h5,7H,4,9H2,1-3H3. The first-order valence-corrected chi connectivity index (χ1v) is 4.20. The number of rotatable bonds is 3. The van der Waals surface area contributed by atoms with Crippen LogP contribution >= 0.6 is 0 Å². The van der Waals surface area contributed by atoms with E-state index in [9.17, 15) is 0 Å². The number of hydrogen-bond acceptors (Lipinski definition) is 4. The Morgan fingerprint density at radius 2 is 2.17 bits per heavy atom. The minimum absolute atomic E-state index is 0.129. The second kappa shape index (κ2) is 3.67. The number of hydrogen-bond donors (Lipinski definition) is 1. The van der Waals surface area contributed by atoms with E-state index in [0.29, 0.717) is 17.7 Å². The summed E-state index contributed by atoms with van der Waals surface area (Å²) in [6.45, 7) is 5.93. The molecule has 68 valence electrons. The van der Waals surface area contributed by atoms with E-state index < -0.39 is 0 Å². The largest absolute Gasteiger partial charge is 0.424 e. The molecule has 2 N–H and O–H groups in total. The molecule has 0 spiro atoms. The van der Waals surface area contributed by atoms with Crippen molar-refractivity contribution in [2.45, 2.75) is 33.2 Å². The Morgan fingerprint density at radius 3 is 2.58 bits per heavy atom. The second-order valence-electron chi connectivity index (χ2n) is 3.07. The number of aryl methyl sites for hydroxylation is 1. The van der Waals surface area contributed by atoms with Gasteiger partial charge in [0.1, 0.15) is 0 Å². The highest BCUT2D eigenvalue weighted by Gasteiger charge is 2.18. The highest BCUT2D eigenvalue weighted by atomic mass is 16.4. The highest BCUT2D eigenvalue weighted by Crippen LogP contribution is 2.19. The van der Waals surface area contributed by atoms with Crippen LogP contribution in [-0.2, 0) is 0 Å². The highest BCUT2D eigenvalue weighted by molar-refractivity contribution is 4.89. The van der Waals surface area contributed by atoms with Crippen molar-refractivity contribution in [2.75, 3.05) is 0 Å². The van der Waals surface area contributed by atoms with Gasteiger partial charge in [-0.1, -0.05) is 20.3 Å². The molecule has 0 aliphatic heterocycles. The third-order valence-electron chi connectivity index (χ3n) is 2.08. The Balaban J connectivity index is 2.70. The minimum atomic E-state index is -0.129. The zero-order valence-corrected chi connectivity index (χ0v) is 7.74. The molecule has 4 nitrogen and oxygen atoms in total. The first-order chi connectivity index (χ1) is 5.65. The fourth-order valence-corrected chi connectivity index (χ4v) is 0.944. The molecule has 0 aliphatic carbocycles. The Bertz CT molecular complexity index is 246. The SMILES string of the molecule is CCC(C)C(N)c1nnc(C)o1. The summed E-state index contributed by atoms with van der Waals surface area (Å²) >= 11 is 0. The van der Waals surface area contributed by atoms with Crippen molar-refractivity contribution in [1.82, 2.24) is 10.2 Å². The summed E-state index contributed by atoms with van der Waals surface area (Å²) in [7, 11) is 0. The molecular weight excluding hydrogens is 154 g/mol. The second-order valence-corrected chi connectivity index (χ2v) is 3.07. The summed E-state index contributed by atoms with van der Waals surface area (Å²) in [5.41, 5.74) is 5.87. The van der Waals surface area contributed by atoms with Gasteiger partial charge in [-0.15, -0.1) is 10.2 Å². The normalized spacial score (nSPS) is 16.0. The third-order valence-corrected chi connectivity index (χ3v) is 2.08. The molecule has 0 aromatic carbocycles. The number of nitrogens with two attached hydrogens (primary N) is 1. The summed E-state index contributed by atoms with van der Waals surface area (Å²) < 4.78 is 5.22. The van der Waals surface area contributed by atoms with Crippen LogP contribution in [0, 0.1) is 12.8 Å². The van der Waals surface area contributed by atoms with Gasteiger partial charge in [0.15, 0.2) is 0 Å². The van der Waals surface area contributed by atoms with E-state index in [4.69, 9.17) is 10.2 Å². The molecule has 0 saturated carbocycles. The minimum Gasteiger partial charge on any atom is -0.424 e.